The summed E-state index contributed by atoms with van der Waals surface area (Å²) in [7, 11) is 0. The molecule has 0 fully saturated rings. The fraction of sp³-hybridized carbons (Fsp3) is 0.533. The number of anilines is 1. The third-order valence-electron chi connectivity index (χ3n) is 3.81. The van der Waals surface area contributed by atoms with Gasteiger partial charge in [0.2, 0.25) is 5.95 Å². The molecule has 1 aromatic carbocycles. The number of likely N-dealkylation sites (N-methyl/N-ethyl adjacent to an activating group) is 1. The SMILES string of the molecule is CCN(CC)CC(C)n1c(N)nc2c(C)cccc21. The van der Waals surface area contributed by atoms with E-state index in [1.165, 1.54) is 5.56 Å². The second-order valence-electron chi connectivity index (χ2n) is 5.12. The topological polar surface area (TPSA) is 47.1 Å². The van der Waals surface area contributed by atoms with E-state index in [-0.39, 0.29) is 0 Å². The molecule has 0 radical (unpaired) electrons. The molecule has 0 aliphatic heterocycles. The second kappa shape index (κ2) is 5.61. The summed E-state index contributed by atoms with van der Waals surface area (Å²) in [6.45, 7) is 11.8. The number of aromatic nitrogens is 2. The summed E-state index contributed by atoms with van der Waals surface area (Å²) in [6, 6.07) is 6.57. The summed E-state index contributed by atoms with van der Waals surface area (Å²) in [4.78, 5) is 6.92. The van der Waals surface area contributed by atoms with Crippen molar-refractivity contribution in [1.29, 1.82) is 0 Å². The molecule has 4 nitrogen and oxygen atoms in total. The minimum atomic E-state index is 0.326. The van der Waals surface area contributed by atoms with Crippen LogP contribution in [0.25, 0.3) is 11.0 Å². The Morgan fingerprint density at radius 2 is 2.00 bits per heavy atom. The van der Waals surface area contributed by atoms with Gasteiger partial charge >= 0.3 is 0 Å². The highest BCUT2D eigenvalue weighted by molar-refractivity contribution is 5.81. The molecule has 2 aromatic rings. The smallest absolute Gasteiger partial charge is 0.201 e. The first-order valence-corrected chi connectivity index (χ1v) is 7.03. The van der Waals surface area contributed by atoms with Crippen LogP contribution in [0, 0.1) is 6.92 Å². The van der Waals surface area contributed by atoms with Gasteiger partial charge in [-0.25, -0.2) is 4.98 Å². The van der Waals surface area contributed by atoms with Crippen molar-refractivity contribution in [3.63, 3.8) is 0 Å². The number of para-hydroxylation sites is 1. The summed E-state index contributed by atoms with van der Waals surface area (Å²) in [5.74, 6) is 0.615. The molecule has 0 aliphatic carbocycles. The number of hydrogen-bond acceptors (Lipinski definition) is 3. The maximum atomic E-state index is 6.12. The fourth-order valence-electron chi connectivity index (χ4n) is 2.68. The van der Waals surface area contributed by atoms with E-state index < -0.39 is 0 Å². The first-order valence-electron chi connectivity index (χ1n) is 7.03. The van der Waals surface area contributed by atoms with Gasteiger partial charge in [-0.1, -0.05) is 26.0 Å². The Balaban J connectivity index is 2.39. The standard InChI is InChI=1S/C15H24N4/c1-5-18(6-2)10-12(4)19-13-9-7-8-11(3)14(13)17-15(19)16/h7-9,12H,5-6,10H2,1-4H3,(H2,16,17). The number of benzene rings is 1. The van der Waals surface area contributed by atoms with Crippen molar-refractivity contribution in [3.8, 4) is 0 Å². The molecular formula is C15H24N4. The third kappa shape index (κ3) is 2.59. The lowest BCUT2D eigenvalue weighted by molar-refractivity contribution is 0.264. The van der Waals surface area contributed by atoms with E-state index >= 15 is 0 Å². The zero-order chi connectivity index (χ0) is 14.0. The van der Waals surface area contributed by atoms with Gasteiger partial charge in [0.05, 0.1) is 11.0 Å². The summed E-state index contributed by atoms with van der Waals surface area (Å²) < 4.78 is 2.15. The van der Waals surface area contributed by atoms with E-state index in [1.54, 1.807) is 0 Å². The molecule has 0 spiro atoms. The Bertz CT molecular complexity index is 555. The molecule has 0 saturated heterocycles. The highest BCUT2D eigenvalue weighted by Gasteiger charge is 2.16. The van der Waals surface area contributed by atoms with Crippen molar-refractivity contribution in [2.45, 2.75) is 33.7 Å². The van der Waals surface area contributed by atoms with Gasteiger partial charge in [-0.3, -0.25) is 0 Å². The largest absolute Gasteiger partial charge is 0.369 e. The molecule has 2 N–H and O–H groups in total. The van der Waals surface area contributed by atoms with Crippen molar-refractivity contribution in [2.24, 2.45) is 0 Å². The average molecular weight is 260 g/mol. The van der Waals surface area contributed by atoms with Gasteiger partial charge in [0.25, 0.3) is 0 Å². The van der Waals surface area contributed by atoms with Gasteiger partial charge in [0.1, 0.15) is 0 Å². The molecule has 1 atom stereocenters. The lowest BCUT2D eigenvalue weighted by atomic mass is 10.2. The first kappa shape index (κ1) is 13.9. The number of nitrogens with two attached hydrogens (primary N) is 1. The van der Waals surface area contributed by atoms with Crippen LogP contribution in [0.2, 0.25) is 0 Å². The molecule has 2 rings (SSSR count). The zero-order valence-corrected chi connectivity index (χ0v) is 12.3. The van der Waals surface area contributed by atoms with Crippen LogP contribution in [-0.2, 0) is 0 Å². The minimum Gasteiger partial charge on any atom is -0.369 e. The highest BCUT2D eigenvalue weighted by Crippen LogP contribution is 2.25. The van der Waals surface area contributed by atoms with E-state index in [1.807, 2.05) is 0 Å². The van der Waals surface area contributed by atoms with Crippen molar-refractivity contribution in [3.05, 3.63) is 23.8 Å². The molecule has 0 saturated carbocycles. The van der Waals surface area contributed by atoms with E-state index in [9.17, 15) is 0 Å². The minimum absolute atomic E-state index is 0.326. The summed E-state index contributed by atoms with van der Waals surface area (Å²) in [5.41, 5.74) is 9.45. The Hall–Kier alpha value is -1.55. The Labute approximate surface area is 115 Å². The zero-order valence-electron chi connectivity index (χ0n) is 12.3. The van der Waals surface area contributed by atoms with Crippen LogP contribution in [0.1, 0.15) is 32.4 Å². The number of nitrogen functional groups attached to an aromatic ring is 1. The second-order valence-corrected chi connectivity index (χ2v) is 5.12. The van der Waals surface area contributed by atoms with Crippen molar-refractivity contribution < 1.29 is 0 Å². The predicted octanol–water partition coefficient (Wildman–Crippen LogP) is 2.83. The molecule has 1 heterocycles. The maximum Gasteiger partial charge on any atom is 0.201 e. The number of hydrogen-bond donors (Lipinski definition) is 1. The van der Waals surface area contributed by atoms with Crippen molar-refractivity contribution in [2.75, 3.05) is 25.4 Å². The Morgan fingerprint density at radius 3 is 2.63 bits per heavy atom. The third-order valence-corrected chi connectivity index (χ3v) is 3.81. The first-order chi connectivity index (χ1) is 9.08. The van der Waals surface area contributed by atoms with Gasteiger partial charge in [-0.2, -0.15) is 0 Å². The van der Waals surface area contributed by atoms with Crippen molar-refractivity contribution >= 4 is 17.0 Å². The number of imidazole rings is 1. The van der Waals surface area contributed by atoms with Crippen LogP contribution < -0.4 is 5.73 Å². The average Bonchev–Trinajstić information content (AvgIpc) is 2.73. The van der Waals surface area contributed by atoms with Gasteiger partial charge in [0, 0.05) is 12.6 Å². The van der Waals surface area contributed by atoms with Crippen LogP contribution in [0.3, 0.4) is 0 Å². The molecule has 0 bridgehead atoms. The van der Waals surface area contributed by atoms with Gasteiger partial charge in [0.15, 0.2) is 0 Å². The number of aryl methyl sites for hydroxylation is 1. The lowest BCUT2D eigenvalue weighted by Gasteiger charge is -2.24. The van der Waals surface area contributed by atoms with E-state index in [0.717, 1.165) is 30.7 Å². The Morgan fingerprint density at radius 1 is 1.32 bits per heavy atom. The monoisotopic (exact) mass is 260 g/mol. The number of rotatable bonds is 5. The normalized spacial score (nSPS) is 13.3. The quantitative estimate of drug-likeness (QED) is 0.899. The molecule has 4 heteroatoms. The summed E-state index contributed by atoms with van der Waals surface area (Å²) in [5, 5.41) is 0. The highest BCUT2D eigenvalue weighted by atomic mass is 15.2. The maximum absolute atomic E-state index is 6.12. The fourth-order valence-corrected chi connectivity index (χ4v) is 2.68. The van der Waals surface area contributed by atoms with Crippen LogP contribution in [-0.4, -0.2) is 34.1 Å². The van der Waals surface area contributed by atoms with Crippen LogP contribution in [0.15, 0.2) is 18.2 Å². The van der Waals surface area contributed by atoms with Crippen LogP contribution in [0.4, 0.5) is 5.95 Å². The Kier molecular flexibility index (Phi) is 4.10. The van der Waals surface area contributed by atoms with Crippen LogP contribution in [0.5, 0.6) is 0 Å². The predicted molar refractivity (Wildman–Crippen MR) is 81.4 cm³/mol. The van der Waals surface area contributed by atoms with E-state index in [0.29, 0.717) is 12.0 Å². The van der Waals surface area contributed by atoms with Crippen LogP contribution >= 0.6 is 0 Å². The molecule has 19 heavy (non-hydrogen) atoms. The van der Waals surface area contributed by atoms with E-state index in [4.69, 9.17) is 5.73 Å². The van der Waals surface area contributed by atoms with Gasteiger partial charge < -0.3 is 15.2 Å². The molecule has 0 amide bonds. The van der Waals surface area contributed by atoms with Gasteiger partial charge in [-0.15, -0.1) is 0 Å². The van der Waals surface area contributed by atoms with E-state index in [2.05, 4.69) is 60.3 Å². The number of nitrogens with zero attached hydrogens (tertiary/aromatic N) is 3. The molecular weight excluding hydrogens is 236 g/mol. The summed E-state index contributed by atoms with van der Waals surface area (Å²) >= 11 is 0. The lowest BCUT2D eigenvalue weighted by Crippen LogP contribution is -2.29. The van der Waals surface area contributed by atoms with Crippen molar-refractivity contribution in [1.82, 2.24) is 14.5 Å². The van der Waals surface area contributed by atoms with Gasteiger partial charge in [-0.05, 0) is 38.6 Å². The number of fused-ring (bicyclic) bond motifs is 1. The molecule has 1 aromatic heterocycles. The molecule has 0 aliphatic rings. The molecule has 1 unspecified atom stereocenters. The molecule has 104 valence electrons. The summed E-state index contributed by atoms with van der Waals surface area (Å²) in [6.07, 6.45) is 0.